The lowest BCUT2D eigenvalue weighted by Gasteiger charge is -2.08. The molecule has 20 heavy (non-hydrogen) atoms. The Labute approximate surface area is 119 Å². The van der Waals surface area contributed by atoms with E-state index in [0.29, 0.717) is 12.5 Å². The molecular weight excluding hydrogens is 250 g/mol. The summed E-state index contributed by atoms with van der Waals surface area (Å²) in [5.74, 6) is 2.10. The van der Waals surface area contributed by atoms with Gasteiger partial charge in [-0.25, -0.2) is 4.99 Å². The lowest BCUT2D eigenvalue weighted by molar-refractivity contribution is 0.292. The third kappa shape index (κ3) is 2.24. The summed E-state index contributed by atoms with van der Waals surface area (Å²) in [6.07, 6.45) is 0. The highest BCUT2D eigenvalue weighted by Gasteiger charge is 2.23. The zero-order valence-corrected chi connectivity index (χ0v) is 12.1. The Balaban J connectivity index is 2.10. The number of rotatable bonds is 3. The van der Waals surface area contributed by atoms with Crippen LogP contribution in [0.25, 0.3) is 10.8 Å². The van der Waals surface area contributed by atoms with Gasteiger partial charge in [0.05, 0.1) is 13.2 Å². The van der Waals surface area contributed by atoms with Gasteiger partial charge in [0.15, 0.2) is 0 Å². The minimum absolute atomic E-state index is 0.255. The summed E-state index contributed by atoms with van der Waals surface area (Å²) in [4.78, 5) is 4.72. The summed E-state index contributed by atoms with van der Waals surface area (Å²) < 4.78 is 11.1. The standard InChI is InChI=1S/C17H19NO2/c1-11(2)16-10-20-17(18-16)14-6-4-5-12-7-8-13(19-3)9-15(12)14/h4-9,11,16H,10H2,1-3H3/t16-/m1/s1. The van der Waals surface area contributed by atoms with E-state index >= 15 is 0 Å². The van der Waals surface area contributed by atoms with Crippen molar-refractivity contribution in [2.75, 3.05) is 13.7 Å². The van der Waals surface area contributed by atoms with Gasteiger partial charge < -0.3 is 9.47 Å². The number of ether oxygens (including phenoxy) is 2. The molecule has 0 N–H and O–H groups in total. The minimum atomic E-state index is 0.255. The molecule has 0 amide bonds. The highest BCUT2D eigenvalue weighted by molar-refractivity contribution is 6.07. The minimum Gasteiger partial charge on any atom is -0.497 e. The second kappa shape index (κ2) is 5.16. The maximum Gasteiger partial charge on any atom is 0.217 e. The van der Waals surface area contributed by atoms with Crippen LogP contribution in [-0.4, -0.2) is 25.7 Å². The van der Waals surface area contributed by atoms with Gasteiger partial charge >= 0.3 is 0 Å². The van der Waals surface area contributed by atoms with Crippen LogP contribution >= 0.6 is 0 Å². The van der Waals surface area contributed by atoms with Crippen LogP contribution in [0, 0.1) is 5.92 Å². The smallest absolute Gasteiger partial charge is 0.217 e. The first-order valence-electron chi connectivity index (χ1n) is 6.97. The Morgan fingerprint density at radius 2 is 2.10 bits per heavy atom. The molecule has 3 nitrogen and oxygen atoms in total. The number of benzene rings is 2. The van der Waals surface area contributed by atoms with Crippen LogP contribution in [0.1, 0.15) is 19.4 Å². The maximum absolute atomic E-state index is 5.80. The zero-order valence-electron chi connectivity index (χ0n) is 12.1. The Hall–Kier alpha value is -2.03. The molecule has 1 aliphatic rings. The lowest BCUT2D eigenvalue weighted by atomic mass is 10.0. The van der Waals surface area contributed by atoms with Crippen molar-refractivity contribution >= 4 is 16.7 Å². The summed E-state index contributed by atoms with van der Waals surface area (Å²) in [7, 11) is 1.68. The Morgan fingerprint density at radius 1 is 1.25 bits per heavy atom. The zero-order chi connectivity index (χ0) is 14.1. The molecule has 1 heterocycles. The van der Waals surface area contributed by atoms with E-state index in [4.69, 9.17) is 14.5 Å². The van der Waals surface area contributed by atoms with Crippen LogP contribution in [0.15, 0.2) is 41.4 Å². The number of nitrogens with zero attached hydrogens (tertiary/aromatic N) is 1. The van der Waals surface area contributed by atoms with Crippen molar-refractivity contribution in [2.45, 2.75) is 19.9 Å². The highest BCUT2D eigenvalue weighted by Crippen LogP contribution is 2.27. The molecule has 0 saturated carbocycles. The predicted molar refractivity (Wildman–Crippen MR) is 81.6 cm³/mol. The van der Waals surface area contributed by atoms with Crippen molar-refractivity contribution in [2.24, 2.45) is 10.9 Å². The lowest BCUT2D eigenvalue weighted by Crippen LogP contribution is -2.13. The topological polar surface area (TPSA) is 30.8 Å². The summed E-state index contributed by atoms with van der Waals surface area (Å²) >= 11 is 0. The van der Waals surface area contributed by atoms with E-state index in [1.54, 1.807) is 7.11 Å². The molecule has 0 spiro atoms. The third-order valence-corrected chi connectivity index (χ3v) is 3.76. The van der Waals surface area contributed by atoms with Crippen molar-refractivity contribution in [3.05, 3.63) is 42.0 Å². The third-order valence-electron chi connectivity index (χ3n) is 3.76. The summed E-state index contributed by atoms with van der Waals surface area (Å²) in [6, 6.07) is 12.5. The van der Waals surface area contributed by atoms with Crippen molar-refractivity contribution in [3.8, 4) is 5.75 Å². The van der Waals surface area contributed by atoms with Gasteiger partial charge in [-0.15, -0.1) is 0 Å². The average Bonchev–Trinajstić information content (AvgIpc) is 2.96. The van der Waals surface area contributed by atoms with Crippen molar-refractivity contribution in [1.82, 2.24) is 0 Å². The number of fused-ring (bicyclic) bond motifs is 1. The molecule has 0 radical (unpaired) electrons. The van der Waals surface area contributed by atoms with Crippen LogP contribution in [-0.2, 0) is 4.74 Å². The molecule has 3 heteroatoms. The molecule has 2 aromatic carbocycles. The second-order valence-electron chi connectivity index (χ2n) is 5.45. The molecule has 2 aromatic rings. The number of hydrogen-bond acceptors (Lipinski definition) is 3. The SMILES string of the molecule is COc1ccc2cccc(C3=N[C@@H](C(C)C)CO3)c2c1. The molecule has 0 bridgehead atoms. The highest BCUT2D eigenvalue weighted by atomic mass is 16.5. The van der Waals surface area contributed by atoms with Gasteiger partial charge in [0.2, 0.25) is 5.90 Å². The van der Waals surface area contributed by atoms with Crippen molar-refractivity contribution < 1.29 is 9.47 Å². The van der Waals surface area contributed by atoms with E-state index in [9.17, 15) is 0 Å². The van der Waals surface area contributed by atoms with Gasteiger partial charge in [0, 0.05) is 5.56 Å². The first kappa shape index (κ1) is 13.0. The molecule has 1 atom stereocenters. The van der Waals surface area contributed by atoms with Gasteiger partial charge in [-0.1, -0.05) is 32.0 Å². The Morgan fingerprint density at radius 3 is 2.80 bits per heavy atom. The van der Waals surface area contributed by atoms with Gasteiger partial charge in [0.1, 0.15) is 12.4 Å². The average molecular weight is 269 g/mol. The molecule has 0 saturated heterocycles. The molecule has 104 valence electrons. The van der Waals surface area contributed by atoms with Crippen molar-refractivity contribution in [1.29, 1.82) is 0 Å². The molecule has 3 rings (SSSR count). The van der Waals surface area contributed by atoms with Gasteiger partial charge in [0.25, 0.3) is 0 Å². The van der Waals surface area contributed by atoms with E-state index in [0.717, 1.165) is 22.6 Å². The Bertz CT molecular complexity index is 661. The van der Waals surface area contributed by atoms with Gasteiger partial charge in [-0.2, -0.15) is 0 Å². The first-order chi connectivity index (χ1) is 9.69. The van der Waals surface area contributed by atoms with E-state index in [-0.39, 0.29) is 6.04 Å². The Kier molecular flexibility index (Phi) is 3.35. The predicted octanol–water partition coefficient (Wildman–Crippen LogP) is 3.65. The first-order valence-corrected chi connectivity index (χ1v) is 6.97. The number of hydrogen-bond donors (Lipinski definition) is 0. The van der Waals surface area contributed by atoms with E-state index < -0.39 is 0 Å². The summed E-state index contributed by atoms with van der Waals surface area (Å²) in [5, 5.41) is 2.29. The summed E-state index contributed by atoms with van der Waals surface area (Å²) in [5.41, 5.74) is 1.05. The van der Waals surface area contributed by atoms with Gasteiger partial charge in [-0.05, 0) is 34.9 Å². The van der Waals surface area contributed by atoms with Crippen LogP contribution in [0.2, 0.25) is 0 Å². The van der Waals surface area contributed by atoms with Crippen molar-refractivity contribution in [3.63, 3.8) is 0 Å². The molecule has 1 aliphatic heterocycles. The van der Waals surface area contributed by atoms with E-state index in [1.807, 2.05) is 18.2 Å². The normalized spacial score (nSPS) is 18.2. The molecular formula is C17H19NO2. The summed E-state index contributed by atoms with van der Waals surface area (Å²) in [6.45, 7) is 5.02. The second-order valence-corrected chi connectivity index (χ2v) is 5.45. The maximum atomic E-state index is 5.80. The number of aliphatic imine (C=N–C) groups is 1. The van der Waals surface area contributed by atoms with Crippen LogP contribution in [0.3, 0.4) is 0 Å². The van der Waals surface area contributed by atoms with Crippen LogP contribution < -0.4 is 4.74 Å². The van der Waals surface area contributed by atoms with Crippen LogP contribution in [0.4, 0.5) is 0 Å². The fraction of sp³-hybridized carbons (Fsp3) is 0.353. The quantitative estimate of drug-likeness (QED) is 0.851. The van der Waals surface area contributed by atoms with E-state index in [2.05, 4.69) is 32.0 Å². The monoisotopic (exact) mass is 269 g/mol. The molecule has 0 aromatic heterocycles. The number of methoxy groups -OCH3 is 1. The van der Waals surface area contributed by atoms with Crippen LogP contribution in [0.5, 0.6) is 5.75 Å². The molecule has 0 aliphatic carbocycles. The largest absolute Gasteiger partial charge is 0.497 e. The van der Waals surface area contributed by atoms with Gasteiger partial charge in [-0.3, -0.25) is 0 Å². The fourth-order valence-electron chi connectivity index (χ4n) is 2.44. The fourth-order valence-corrected chi connectivity index (χ4v) is 2.44. The molecule has 0 fully saturated rings. The van der Waals surface area contributed by atoms with E-state index in [1.165, 1.54) is 5.39 Å². The molecule has 0 unspecified atom stereocenters.